The van der Waals surface area contributed by atoms with Crippen LogP contribution < -0.4 is 45.6 Å². The Kier molecular flexibility index (Phi) is 29.5. The molecule has 0 saturated heterocycles. The van der Waals surface area contributed by atoms with Crippen molar-refractivity contribution in [1.29, 1.82) is 0 Å². The number of nitrogens with zero attached hydrogens (tertiary/aromatic N) is 12. The Hall–Kier alpha value is -12.1. The average Bonchev–Trinajstić information content (AvgIpc) is 0.783. The van der Waals surface area contributed by atoms with E-state index in [9.17, 15) is 19.2 Å². The summed E-state index contributed by atoms with van der Waals surface area (Å²) in [5, 5.41) is 9.11. The fraction of sp³-hybridized carbons (Fsp3) is 0.272. The highest BCUT2D eigenvalue weighted by atomic mass is 16.5. The molecule has 0 saturated carbocycles. The van der Waals surface area contributed by atoms with E-state index in [0.29, 0.717) is 133 Å². The molecule has 0 amide bonds. The topological polar surface area (TPSA) is 244 Å². The average molecular weight is 1390 g/mol. The van der Waals surface area contributed by atoms with Gasteiger partial charge in [-0.2, -0.15) is 0 Å². The number of carboxylic acid groups (broad SMARTS) is 1. The Morgan fingerprint density at radius 3 is 0.854 bits per heavy atom. The van der Waals surface area contributed by atoms with Gasteiger partial charge in [0.15, 0.2) is 0 Å². The number of carboxylic acids is 1. The second-order valence-electron chi connectivity index (χ2n) is 23.4. The minimum absolute atomic E-state index is 0.0528. The Labute approximate surface area is 600 Å². The Morgan fingerprint density at radius 2 is 0.641 bits per heavy atom. The molecular weight excluding hydrogens is 1300 g/mol. The number of anilines is 3. The zero-order chi connectivity index (χ0) is 73.5. The van der Waals surface area contributed by atoms with Crippen LogP contribution >= 0.6 is 0 Å². The first-order chi connectivity index (χ1) is 50.1. The van der Waals surface area contributed by atoms with Crippen molar-refractivity contribution < 1.29 is 33.6 Å². The molecular formula is C81H90N12O10. The molecule has 22 nitrogen and oxygen atoms in total. The van der Waals surface area contributed by atoms with Crippen LogP contribution in [0.5, 0.6) is 17.2 Å². The van der Waals surface area contributed by atoms with E-state index in [1.165, 1.54) is 23.6 Å². The third-order valence-corrected chi connectivity index (χ3v) is 16.6. The number of hydrogen-bond donors (Lipinski definition) is 1. The van der Waals surface area contributed by atoms with Gasteiger partial charge in [-0.25, -0.2) is 15.0 Å². The summed E-state index contributed by atoms with van der Waals surface area (Å²) in [7, 11) is 4.81. The van der Waals surface area contributed by atoms with Gasteiger partial charge in [0.05, 0.1) is 44.1 Å². The van der Waals surface area contributed by atoms with Gasteiger partial charge in [0.25, 0.3) is 22.6 Å². The Balaban J connectivity index is 0.000000183. The minimum atomic E-state index is -0.833. The molecule has 22 heteroatoms. The molecule has 0 aliphatic heterocycles. The summed E-state index contributed by atoms with van der Waals surface area (Å²) < 4.78 is 26.3. The molecule has 103 heavy (non-hydrogen) atoms. The van der Waals surface area contributed by atoms with E-state index in [1.54, 1.807) is 79.1 Å². The lowest BCUT2D eigenvalue weighted by Gasteiger charge is -2.26. The third kappa shape index (κ3) is 21.5. The number of benzene rings is 6. The van der Waals surface area contributed by atoms with E-state index in [1.807, 2.05) is 146 Å². The number of ether oxygens (including phenoxy) is 4. The van der Waals surface area contributed by atoms with E-state index >= 15 is 0 Å². The molecule has 0 unspecified atom stereocenters. The lowest BCUT2D eigenvalue weighted by atomic mass is 10.1. The van der Waals surface area contributed by atoms with Crippen molar-refractivity contribution in [3.05, 3.63) is 284 Å². The number of para-hydroxylation sites is 3. The van der Waals surface area contributed by atoms with E-state index in [0.717, 1.165) is 42.9 Å². The molecule has 0 aliphatic rings. The number of methoxy groups -OCH3 is 3. The first-order valence-corrected chi connectivity index (χ1v) is 34.2. The molecule has 0 atom stereocenters. The maximum Gasteiger partial charge on any atom is 0.302 e. The van der Waals surface area contributed by atoms with Gasteiger partial charge in [-0.3, -0.25) is 52.6 Å². The zero-order valence-electron chi connectivity index (χ0n) is 60.0. The van der Waals surface area contributed by atoms with Crippen LogP contribution in [0.4, 0.5) is 17.8 Å². The smallest absolute Gasteiger partial charge is 0.302 e. The molecule has 0 radical (unpaired) electrons. The molecule has 12 rings (SSSR count). The monoisotopic (exact) mass is 1390 g/mol. The maximum absolute atomic E-state index is 13.5. The van der Waals surface area contributed by atoms with E-state index in [-0.39, 0.29) is 22.6 Å². The minimum Gasteiger partial charge on any atom is -0.494 e. The number of pyridine rings is 3. The number of rotatable bonds is 25. The molecule has 534 valence electrons. The number of esters is 1. The van der Waals surface area contributed by atoms with Gasteiger partial charge in [-0.05, 0) is 153 Å². The third-order valence-electron chi connectivity index (χ3n) is 16.6. The first kappa shape index (κ1) is 76.7. The fourth-order valence-corrected chi connectivity index (χ4v) is 11.4. The van der Waals surface area contributed by atoms with E-state index < -0.39 is 5.97 Å². The summed E-state index contributed by atoms with van der Waals surface area (Å²) >= 11 is 0. The molecule has 1 N–H and O–H groups in total. The summed E-state index contributed by atoms with van der Waals surface area (Å²) in [5.41, 5.74) is 8.50. The van der Waals surface area contributed by atoms with Crippen LogP contribution in [0.1, 0.15) is 74.9 Å². The van der Waals surface area contributed by atoms with Crippen LogP contribution in [0.15, 0.2) is 234 Å². The maximum atomic E-state index is 13.5. The second kappa shape index (κ2) is 39.7. The number of carbonyl (C=O) groups is 2. The normalized spacial score (nSPS) is 10.5. The van der Waals surface area contributed by atoms with Crippen LogP contribution in [-0.4, -0.2) is 108 Å². The Bertz CT molecular complexity index is 4360. The highest BCUT2D eigenvalue weighted by molar-refractivity contribution is 5.86. The van der Waals surface area contributed by atoms with Gasteiger partial charge in [0.1, 0.15) is 33.8 Å². The van der Waals surface area contributed by atoms with Crippen LogP contribution in [0.3, 0.4) is 0 Å². The Morgan fingerprint density at radius 1 is 0.379 bits per heavy atom. The lowest BCUT2D eigenvalue weighted by Crippen LogP contribution is -2.33. The van der Waals surface area contributed by atoms with Gasteiger partial charge >= 0.3 is 5.97 Å². The van der Waals surface area contributed by atoms with Gasteiger partial charge in [0.2, 0.25) is 17.8 Å². The summed E-state index contributed by atoms with van der Waals surface area (Å²) in [5.74, 6) is 2.72. The quantitative estimate of drug-likeness (QED) is 0.0523. The van der Waals surface area contributed by atoms with Crippen molar-refractivity contribution in [2.45, 2.75) is 100 Å². The predicted octanol–water partition coefficient (Wildman–Crippen LogP) is 12.9. The molecule has 12 aromatic rings. The van der Waals surface area contributed by atoms with Gasteiger partial charge in [-0.1, -0.05) is 109 Å². The molecule has 0 spiro atoms. The number of hydrogen-bond acceptors (Lipinski definition) is 18. The summed E-state index contributed by atoms with van der Waals surface area (Å²) in [6.45, 7) is 16.6. The summed E-state index contributed by atoms with van der Waals surface area (Å²) in [6.07, 6.45) is 12.9. The van der Waals surface area contributed by atoms with Gasteiger partial charge in [-0.15, -0.1) is 0 Å². The van der Waals surface area contributed by atoms with Crippen molar-refractivity contribution in [3.8, 4) is 17.2 Å². The van der Waals surface area contributed by atoms with Crippen LogP contribution in [-0.2, 0) is 72.9 Å². The van der Waals surface area contributed by atoms with Gasteiger partial charge < -0.3 is 38.8 Å². The van der Waals surface area contributed by atoms with Crippen molar-refractivity contribution in [2.24, 2.45) is 0 Å². The highest BCUT2D eigenvalue weighted by Crippen LogP contribution is 2.29. The van der Waals surface area contributed by atoms with Crippen molar-refractivity contribution in [2.75, 3.05) is 62.3 Å². The van der Waals surface area contributed by atoms with Gasteiger partial charge in [0, 0.05) is 110 Å². The summed E-state index contributed by atoms with van der Waals surface area (Å²) in [4.78, 5) is 92.9. The highest BCUT2D eigenvalue weighted by Gasteiger charge is 2.23. The predicted molar refractivity (Wildman–Crippen MR) is 407 cm³/mol. The standard InChI is InChI=1S/3C25H26N4O2.C4H8O2.C2H4O2/c3*1-3-28(18-20-12-15-26-16-13-20)25-27-23-21(10-7-11-22(23)31-2)24(30)29(25)17-14-19-8-5-4-6-9-19;1-3-6-4(2)5;1-2(3)4/h3*4-13,15-16H,3,14,17-18H2,1-2H3;3H2,1-2H3;1H3,(H,3,4). The van der Waals surface area contributed by atoms with E-state index in [2.05, 4.69) is 91.6 Å². The second-order valence-corrected chi connectivity index (χ2v) is 23.4. The van der Waals surface area contributed by atoms with Crippen LogP contribution in [0.2, 0.25) is 0 Å². The van der Waals surface area contributed by atoms with Crippen molar-refractivity contribution >= 4 is 62.5 Å². The first-order valence-electron chi connectivity index (χ1n) is 34.2. The molecule has 6 aromatic carbocycles. The van der Waals surface area contributed by atoms with Crippen LogP contribution in [0.25, 0.3) is 32.7 Å². The number of aromatic nitrogens is 9. The molecule has 6 heterocycles. The zero-order valence-corrected chi connectivity index (χ0v) is 60.0. The SMILES string of the molecule is CC(=O)O.CCN(Cc1ccncc1)c1nc2c(OC)cccc2c(=O)n1CCc1ccccc1.CCN(Cc1ccncc1)c1nc2c(OC)cccc2c(=O)n1CCc1ccccc1.CCN(Cc1ccncc1)c1nc2c(OC)cccc2c(=O)n1CCc1ccccc1.CCOC(C)=O. The summed E-state index contributed by atoms with van der Waals surface area (Å²) in [6, 6.07) is 58.9. The number of aryl methyl sites for hydroxylation is 3. The molecule has 0 aliphatic carbocycles. The molecule has 0 bridgehead atoms. The number of aliphatic carboxylic acids is 1. The lowest BCUT2D eigenvalue weighted by molar-refractivity contribution is -0.140. The fourth-order valence-electron chi connectivity index (χ4n) is 11.4. The van der Waals surface area contributed by atoms with Crippen molar-refractivity contribution in [3.63, 3.8) is 0 Å². The largest absolute Gasteiger partial charge is 0.494 e. The van der Waals surface area contributed by atoms with Crippen molar-refractivity contribution in [1.82, 2.24) is 43.6 Å². The van der Waals surface area contributed by atoms with Crippen LogP contribution in [0, 0.1) is 0 Å². The number of carbonyl (C=O) groups excluding carboxylic acids is 1. The molecule has 0 fully saturated rings. The molecule has 6 aromatic heterocycles. The number of fused-ring (bicyclic) bond motifs is 3. The van der Waals surface area contributed by atoms with E-state index in [4.69, 9.17) is 39.1 Å².